The highest BCUT2D eigenvalue weighted by atomic mass is 16.3. The fraction of sp³-hybridized carbons (Fsp3) is 0.697. The predicted molar refractivity (Wildman–Crippen MR) is 147 cm³/mol. The molecule has 5 atom stereocenters. The zero-order valence-corrected chi connectivity index (χ0v) is 22.2. The van der Waals surface area contributed by atoms with E-state index in [4.69, 9.17) is 0 Å². The molecule has 0 amide bonds. The van der Waals surface area contributed by atoms with E-state index in [0.29, 0.717) is 29.8 Å². The topological polar surface area (TPSA) is 32.3 Å². The third-order valence-corrected chi connectivity index (χ3v) is 10.1. The van der Waals surface area contributed by atoms with Gasteiger partial charge in [-0.1, -0.05) is 88.0 Å². The van der Waals surface area contributed by atoms with Gasteiger partial charge in [0.1, 0.15) is 0 Å². The number of fused-ring (bicyclic) bond motifs is 1. The summed E-state index contributed by atoms with van der Waals surface area (Å²) in [6.07, 6.45) is 20.1. The van der Waals surface area contributed by atoms with Crippen LogP contribution in [0, 0.1) is 35.0 Å². The van der Waals surface area contributed by atoms with E-state index in [2.05, 4.69) is 61.3 Å². The van der Waals surface area contributed by atoms with Gasteiger partial charge in [-0.25, -0.2) is 0 Å². The van der Waals surface area contributed by atoms with E-state index >= 15 is 0 Å². The summed E-state index contributed by atoms with van der Waals surface area (Å²) in [6.45, 7) is 4.83. The molecule has 4 fully saturated rings. The molecule has 0 aliphatic heterocycles. The molecule has 4 unspecified atom stereocenters. The van der Waals surface area contributed by atoms with Crippen molar-refractivity contribution < 1.29 is 5.11 Å². The van der Waals surface area contributed by atoms with Crippen LogP contribution in [0.5, 0.6) is 0 Å². The molecule has 2 heteroatoms. The van der Waals surface area contributed by atoms with E-state index in [1.807, 2.05) is 0 Å². The van der Waals surface area contributed by atoms with E-state index in [0.717, 1.165) is 24.8 Å². The van der Waals surface area contributed by atoms with E-state index in [9.17, 15) is 5.11 Å². The van der Waals surface area contributed by atoms with Gasteiger partial charge in [0.25, 0.3) is 0 Å². The highest BCUT2D eigenvalue weighted by molar-refractivity contribution is 5.57. The monoisotopic (exact) mass is 473 g/mol. The number of hydrogen-bond donors (Lipinski definition) is 2. The second-order valence-electron chi connectivity index (χ2n) is 12.5. The number of hydrogen-bond acceptors (Lipinski definition) is 2. The van der Waals surface area contributed by atoms with Gasteiger partial charge in [-0.3, -0.25) is 0 Å². The molecule has 5 rings (SSSR count). The van der Waals surface area contributed by atoms with Gasteiger partial charge in [-0.2, -0.15) is 0 Å². The van der Waals surface area contributed by atoms with Gasteiger partial charge in [0.2, 0.25) is 0 Å². The first-order valence-electron chi connectivity index (χ1n) is 14.8. The Kier molecular flexibility index (Phi) is 8.05. The van der Waals surface area contributed by atoms with Crippen LogP contribution in [0.2, 0.25) is 0 Å². The highest BCUT2D eigenvalue weighted by Crippen LogP contribution is 2.54. The lowest BCUT2D eigenvalue weighted by Gasteiger charge is -2.56. The SMILES string of the molecule is CC1C(O)CC[C@]2(C)C(NC3CCCCC3)/C(=C/c3cccc(C#CC4CCCCC4)c3)CCC12. The van der Waals surface area contributed by atoms with Crippen molar-refractivity contribution in [2.24, 2.45) is 23.2 Å². The number of aliphatic hydroxyl groups is 1. The molecular formula is C33H47NO. The summed E-state index contributed by atoms with van der Waals surface area (Å²) in [5.41, 5.74) is 4.27. The van der Waals surface area contributed by atoms with Crippen LogP contribution in [-0.4, -0.2) is 23.3 Å². The van der Waals surface area contributed by atoms with Crippen LogP contribution in [0.15, 0.2) is 29.8 Å². The normalized spacial score (nSPS) is 35.8. The Balaban J connectivity index is 1.41. The Morgan fingerprint density at radius 3 is 2.49 bits per heavy atom. The van der Waals surface area contributed by atoms with Crippen molar-refractivity contribution in [2.45, 2.75) is 122 Å². The van der Waals surface area contributed by atoms with Gasteiger partial charge in [-0.05, 0) is 86.3 Å². The van der Waals surface area contributed by atoms with Crippen LogP contribution < -0.4 is 5.32 Å². The van der Waals surface area contributed by atoms with Crippen LogP contribution in [0.3, 0.4) is 0 Å². The van der Waals surface area contributed by atoms with Gasteiger partial charge in [0.05, 0.1) is 6.10 Å². The van der Waals surface area contributed by atoms with Gasteiger partial charge >= 0.3 is 0 Å². The van der Waals surface area contributed by atoms with Crippen molar-refractivity contribution in [3.05, 3.63) is 41.0 Å². The maximum atomic E-state index is 10.7. The fourth-order valence-corrected chi connectivity index (χ4v) is 7.93. The average Bonchev–Trinajstić information content (AvgIpc) is 2.89. The quantitative estimate of drug-likeness (QED) is 0.445. The van der Waals surface area contributed by atoms with Crippen LogP contribution in [0.1, 0.15) is 115 Å². The molecular weight excluding hydrogens is 426 g/mol. The summed E-state index contributed by atoms with van der Waals surface area (Å²) < 4.78 is 0. The Hall–Kier alpha value is -1.56. The van der Waals surface area contributed by atoms with Gasteiger partial charge < -0.3 is 10.4 Å². The minimum atomic E-state index is -0.131. The van der Waals surface area contributed by atoms with E-state index in [-0.39, 0.29) is 11.5 Å². The Labute approximate surface area is 214 Å². The molecule has 4 aliphatic carbocycles. The first kappa shape index (κ1) is 25.1. The largest absolute Gasteiger partial charge is 0.393 e. The maximum Gasteiger partial charge on any atom is 0.0568 e. The number of benzene rings is 1. The lowest BCUT2D eigenvalue weighted by Crippen LogP contribution is -2.59. The Morgan fingerprint density at radius 2 is 1.71 bits per heavy atom. The molecule has 0 spiro atoms. The second-order valence-corrected chi connectivity index (χ2v) is 12.5. The van der Waals surface area contributed by atoms with E-state index < -0.39 is 0 Å². The summed E-state index contributed by atoms with van der Waals surface area (Å²) in [4.78, 5) is 0. The van der Waals surface area contributed by atoms with Crippen LogP contribution >= 0.6 is 0 Å². The third-order valence-electron chi connectivity index (χ3n) is 10.1. The average molecular weight is 474 g/mol. The smallest absolute Gasteiger partial charge is 0.0568 e. The van der Waals surface area contributed by atoms with Gasteiger partial charge in [0.15, 0.2) is 0 Å². The Morgan fingerprint density at radius 1 is 0.971 bits per heavy atom. The summed E-state index contributed by atoms with van der Waals surface area (Å²) in [7, 11) is 0. The van der Waals surface area contributed by atoms with Crippen molar-refractivity contribution in [1.29, 1.82) is 0 Å². The van der Waals surface area contributed by atoms with Crippen molar-refractivity contribution >= 4 is 6.08 Å². The zero-order chi connectivity index (χ0) is 24.3. The number of rotatable bonds is 3. The highest BCUT2D eigenvalue weighted by Gasteiger charge is 2.52. The first-order valence-corrected chi connectivity index (χ1v) is 14.8. The summed E-state index contributed by atoms with van der Waals surface area (Å²) in [6, 6.07) is 9.99. The number of aliphatic hydroxyl groups excluding tert-OH is 1. The van der Waals surface area contributed by atoms with Crippen molar-refractivity contribution in [3.8, 4) is 11.8 Å². The summed E-state index contributed by atoms with van der Waals surface area (Å²) in [5.74, 6) is 8.67. The minimum Gasteiger partial charge on any atom is -0.393 e. The molecule has 190 valence electrons. The third kappa shape index (κ3) is 5.73. The molecule has 4 aliphatic rings. The van der Waals surface area contributed by atoms with Crippen molar-refractivity contribution in [2.75, 3.05) is 0 Å². The van der Waals surface area contributed by atoms with Crippen LogP contribution in [0.25, 0.3) is 6.08 Å². The molecule has 0 bridgehead atoms. The molecule has 1 aromatic rings. The molecule has 0 heterocycles. The Bertz CT molecular complexity index is 941. The standard InChI is InChI=1S/C33H47NO/c1-24-30-19-18-28(23-27-13-9-12-26(22-27)17-16-25-10-5-3-6-11-25)32(33(30,2)21-20-31(24)35)34-29-14-7-4-8-15-29/h9,12-13,22-25,29-32,34-35H,3-8,10-11,14-15,18-21H2,1-2H3/b28-23+/t24?,30?,31?,32?,33-/m0/s1. The van der Waals surface area contributed by atoms with E-state index in [1.54, 1.807) is 5.57 Å². The second kappa shape index (κ2) is 11.2. The molecule has 35 heavy (non-hydrogen) atoms. The molecule has 2 nitrogen and oxygen atoms in total. The van der Waals surface area contributed by atoms with E-state index in [1.165, 1.54) is 76.2 Å². The van der Waals surface area contributed by atoms with Crippen molar-refractivity contribution in [1.82, 2.24) is 5.32 Å². The molecule has 2 N–H and O–H groups in total. The summed E-state index contributed by atoms with van der Waals surface area (Å²) >= 11 is 0. The summed E-state index contributed by atoms with van der Waals surface area (Å²) in [5, 5.41) is 14.9. The maximum absolute atomic E-state index is 10.7. The minimum absolute atomic E-state index is 0.131. The van der Waals surface area contributed by atoms with Crippen LogP contribution in [0.4, 0.5) is 0 Å². The molecule has 0 radical (unpaired) electrons. The lowest BCUT2D eigenvalue weighted by atomic mass is 9.53. The fourth-order valence-electron chi connectivity index (χ4n) is 7.93. The van der Waals surface area contributed by atoms with Gasteiger partial charge in [-0.15, -0.1) is 0 Å². The molecule has 0 aromatic heterocycles. The lowest BCUT2D eigenvalue weighted by molar-refractivity contribution is -0.0609. The first-order chi connectivity index (χ1) is 17.0. The molecule has 1 aromatic carbocycles. The zero-order valence-electron chi connectivity index (χ0n) is 22.2. The van der Waals surface area contributed by atoms with Crippen LogP contribution in [-0.2, 0) is 0 Å². The predicted octanol–water partition coefficient (Wildman–Crippen LogP) is 7.50. The number of nitrogens with one attached hydrogen (secondary N) is 1. The van der Waals surface area contributed by atoms with Crippen molar-refractivity contribution in [3.63, 3.8) is 0 Å². The molecule has 4 saturated carbocycles. The van der Waals surface area contributed by atoms with Gasteiger partial charge in [0, 0.05) is 23.6 Å². The molecule has 0 saturated heterocycles.